The summed E-state index contributed by atoms with van der Waals surface area (Å²) in [4.78, 5) is 16.3. The second-order valence-electron chi connectivity index (χ2n) is 7.50. The number of ether oxygens (including phenoxy) is 1. The van der Waals surface area contributed by atoms with Crippen LogP contribution in [-0.4, -0.2) is 36.4 Å². The Morgan fingerprint density at radius 1 is 1.42 bits per heavy atom. The second kappa shape index (κ2) is 8.36. The molecular formula is C17H29N3O2SSi. The molecule has 0 radical (unpaired) electrons. The molecular weight excluding hydrogens is 338 g/mol. The lowest BCUT2D eigenvalue weighted by Crippen LogP contribution is -2.31. The monoisotopic (exact) mass is 367 g/mol. The van der Waals surface area contributed by atoms with Crippen LogP contribution in [0.3, 0.4) is 0 Å². The van der Waals surface area contributed by atoms with Gasteiger partial charge < -0.3 is 10.5 Å². The third-order valence-electron chi connectivity index (χ3n) is 4.43. The first-order chi connectivity index (χ1) is 11.3. The lowest BCUT2D eigenvalue weighted by molar-refractivity contribution is -0.122. The minimum Gasteiger partial charge on any atom is -0.369 e. The minimum atomic E-state index is -1.10. The van der Waals surface area contributed by atoms with Gasteiger partial charge >= 0.3 is 0 Å². The molecule has 0 aromatic carbocycles. The van der Waals surface area contributed by atoms with Gasteiger partial charge in [0.05, 0.1) is 0 Å². The Kier molecular flexibility index (Phi) is 6.71. The molecule has 1 amide bonds. The SMILES string of the molecule is CSc1ncc([C@H]2CC=CC[C@@H]2C(N)=O)n1COCC[Si](C)(C)C. The van der Waals surface area contributed by atoms with Crippen molar-refractivity contribution in [2.45, 2.75) is 56.3 Å². The number of aromatic nitrogens is 2. The molecule has 134 valence electrons. The van der Waals surface area contributed by atoms with Crippen molar-refractivity contribution < 1.29 is 9.53 Å². The molecule has 0 spiro atoms. The standard InChI is InChI=1S/C17H29N3O2SSi/c1-23-17-19-11-15(13-7-5-6-8-14(13)16(18)21)20(17)12-22-9-10-24(2,3)4/h5-6,11,13-14H,7-10,12H2,1-4H3,(H2,18,21)/t13-,14-/m0/s1. The van der Waals surface area contributed by atoms with Crippen LogP contribution in [0, 0.1) is 5.92 Å². The number of carbonyl (C=O) groups excluding carboxylic acids is 1. The Bertz CT molecular complexity index is 595. The molecule has 0 fully saturated rings. The number of imidazole rings is 1. The molecule has 0 saturated heterocycles. The molecule has 0 saturated carbocycles. The number of nitrogens with zero attached hydrogens (tertiary/aromatic N) is 2. The van der Waals surface area contributed by atoms with Gasteiger partial charge in [0.25, 0.3) is 0 Å². The average molecular weight is 368 g/mol. The fourth-order valence-electron chi connectivity index (χ4n) is 2.95. The number of thioether (sulfide) groups is 1. The van der Waals surface area contributed by atoms with Crippen molar-refractivity contribution in [1.29, 1.82) is 0 Å². The van der Waals surface area contributed by atoms with E-state index in [0.717, 1.165) is 29.9 Å². The zero-order chi connectivity index (χ0) is 17.7. The Labute approximate surface area is 150 Å². The van der Waals surface area contributed by atoms with E-state index in [-0.39, 0.29) is 17.7 Å². The number of carbonyl (C=O) groups is 1. The van der Waals surface area contributed by atoms with Gasteiger partial charge in [0.1, 0.15) is 6.73 Å². The fraction of sp³-hybridized carbons (Fsp3) is 0.647. The molecule has 1 aromatic rings. The van der Waals surface area contributed by atoms with Crippen molar-refractivity contribution in [2.75, 3.05) is 12.9 Å². The molecule has 0 aliphatic heterocycles. The maximum absolute atomic E-state index is 11.8. The first kappa shape index (κ1) is 19.3. The highest BCUT2D eigenvalue weighted by Crippen LogP contribution is 2.36. The average Bonchev–Trinajstić information content (AvgIpc) is 2.93. The Balaban J connectivity index is 2.14. The van der Waals surface area contributed by atoms with Crippen molar-refractivity contribution in [3.63, 3.8) is 0 Å². The molecule has 0 bridgehead atoms. The third kappa shape index (κ3) is 4.97. The maximum atomic E-state index is 11.8. The van der Waals surface area contributed by atoms with Gasteiger partial charge in [0, 0.05) is 38.4 Å². The molecule has 2 N–H and O–H groups in total. The topological polar surface area (TPSA) is 70.1 Å². The van der Waals surface area contributed by atoms with Crippen LogP contribution in [0.25, 0.3) is 0 Å². The van der Waals surface area contributed by atoms with E-state index in [1.54, 1.807) is 11.8 Å². The quantitative estimate of drug-likeness (QED) is 0.331. The number of rotatable bonds is 8. The molecule has 5 nitrogen and oxygen atoms in total. The normalized spacial score (nSPS) is 21.2. The molecule has 1 aliphatic carbocycles. The van der Waals surface area contributed by atoms with Crippen LogP contribution < -0.4 is 5.73 Å². The van der Waals surface area contributed by atoms with Gasteiger partial charge in [0.2, 0.25) is 5.91 Å². The third-order valence-corrected chi connectivity index (χ3v) is 6.82. The van der Waals surface area contributed by atoms with Crippen LogP contribution in [0.4, 0.5) is 0 Å². The van der Waals surface area contributed by atoms with Crippen molar-refractivity contribution in [2.24, 2.45) is 11.7 Å². The van der Waals surface area contributed by atoms with E-state index < -0.39 is 8.07 Å². The lowest BCUT2D eigenvalue weighted by Gasteiger charge is -2.27. The molecule has 1 aliphatic rings. The number of allylic oxidation sites excluding steroid dienone is 2. The summed E-state index contributed by atoms with van der Waals surface area (Å²) in [6.45, 7) is 8.29. The van der Waals surface area contributed by atoms with Gasteiger partial charge in [0.15, 0.2) is 5.16 Å². The van der Waals surface area contributed by atoms with E-state index in [1.165, 1.54) is 0 Å². The van der Waals surface area contributed by atoms with E-state index in [2.05, 4.69) is 35.3 Å². The number of nitrogens with two attached hydrogens (primary N) is 1. The van der Waals surface area contributed by atoms with E-state index in [9.17, 15) is 4.79 Å². The van der Waals surface area contributed by atoms with Crippen LogP contribution in [0.15, 0.2) is 23.5 Å². The molecule has 2 rings (SSSR count). The van der Waals surface area contributed by atoms with Crippen LogP contribution in [0.5, 0.6) is 0 Å². The first-order valence-corrected chi connectivity index (χ1v) is 13.4. The largest absolute Gasteiger partial charge is 0.369 e. The van der Waals surface area contributed by atoms with Crippen LogP contribution in [-0.2, 0) is 16.3 Å². The van der Waals surface area contributed by atoms with Crippen molar-refractivity contribution in [1.82, 2.24) is 9.55 Å². The zero-order valence-electron chi connectivity index (χ0n) is 15.1. The number of hydrogen-bond donors (Lipinski definition) is 1. The zero-order valence-corrected chi connectivity index (χ0v) is 16.9. The summed E-state index contributed by atoms with van der Waals surface area (Å²) >= 11 is 1.60. The smallest absolute Gasteiger partial charge is 0.221 e. The highest BCUT2D eigenvalue weighted by atomic mass is 32.2. The summed E-state index contributed by atoms with van der Waals surface area (Å²) < 4.78 is 8.04. The molecule has 2 atom stereocenters. The molecule has 1 aromatic heterocycles. The van der Waals surface area contributed by atoms with E-state index in [1.807, 2.05) is 18.5 Å². The Hall–Kier alpha value is -1.05. The summed E-state index contributed by atoms with van der Waals surface area (Å²) in [6, 6.07) is 1.14. The van der Waals surface area contributed by atoms with Gasteiger partial charge in [-0.2, -0.15) is 0 Å². The first-order valence-electron chi connectivity index (χ1n) is 8.45. The van der Waals surface area contributed by atoms with E-state index in [0.29, 0.717) is 13.2 Å². The number of amides is 1. The summed E-state index contributed by atoms with van der Waals surface area (Å²) in [7, 11) is -1.10. The lowest BCUT2D eigenvalue weighted by atomic mass is 9.80. The number of primary amides is 1. The fourth-order valence-corrected chi connectivity index (χ4v) is 4.24. The van der Waals surface area contributed by atoms with Crippen molar-refractivity contribution in [3.8, 4) is 0 Å². The molecule has 0 unspecified atom stereocenters. The highest BCUT2D eigenvalue weighted by Gasteiger charge is 2.31. The predicted octanol–water partition coefficient (Wildman–Crippen LogP) is 3.45. The van der Waals surface area contributed by atoms with Crippen molar-refractivity contribution in [3.05, 3.63) is 24.0 Å². The second-order valence-corrected chi connectivity index (χ2v) is 13.9. The van der Waals surface area contributed by atoms with E-state index in [4.69, 9.17) is 10.5 Å². The van der Waals surface area contributed by atoms with E-state index >= 15 is 0 Å². The summed E-state index contributed by atoms with van der Waals surface area (Å²) in [5.74, 6) is -0.314. The van der Waals surface area contributed by atoms with Gasteiger partial charge in [-0.3, -0.25) is 9.36 Å². The van der Waals surface area contributed by atoms with Gasteiger partial charge in [-0.1, -0.05) is 43.6 Å². The minimum absolute atomic E-state index is 0.0847. The molecule has 7 heteroatoms. The predicted molar refractivity (Wildman–Crippen MR) is 102 cm³/mol. The highest BCUT2D eigenvalue weighted by molar-refractivity contribution is 7.98. The number of hydrogen-bond acceptors (Lipinski definition) is 4. The Morgan fingerprint density at radius 3 is 2.75 bits per heavy atom. The summed E-state index contributed by atoms with van der Waals surface area (Å²) in [6.07, 6.45) is 9.60. The Morgan fingerprint density at radius 2 is 2.12 bits per heavy atom. The summed E-state index contributed by atoms with van der Waals surface area (Å²) in [5.41, 5.74) is 6.68. The van der Waals surface area contributed by atoms with Gasteiger partial charge in [-0.25, -0.2) is 4.98 Å². The van der Waals surface area contributed by atoms with Crippen LogP contribution in [0.1, 0.15) is 24.5 Å². The maximum Gasteiger partial charge on any atom is 0.221 e. The summed E-state index contributed by atoms with van der Waals surface area (Å²) in [5, 5.41) is 0.927. The van der Waals surface area contributed by atoms with Gasteiger partial charge in [-0.05, 0) is 25.1 Å². The van der Waals surface area contributed by atoms with Crippen LogP contribution in [0.2, 0.25) is 25.7 Å². The van der Waals surface area contributed by atoms with Crippen molar-refractivity contribution >= 4 is 25.7 Å². The van der Waals surface area contributed by atoms with Crippen LogP contribution >= 0.6 is 11.8 Å². The molecule has 24 heavy (non-hydrogen) atoms. The van der Waals surface area contributed by atoms with Gasteiger partial charge in [-0.15, -0.1) is 0 Å². The molecule has 1 heterocycles.